The minimum absolute atomic E-state index is 0.107. The molecule has 0 fully saturated rings. The number of nitrogens with zero attached hydrogens (tertiary/aromatic N) is 2. The summed E-state index contributed by atoms with van der Waals surface area (Å²) in [7, 11) is 0. The minimum atomic E-state index is -0.107. The molecule has 0 saturated heterocycles. The fraction of sp³-hybridized carbons (Fsp3) is 0.111. The number of carbonyl (C=O) groups is 1. The summed E-state index contributed by atoms with van der Waals surface area (Å²) in [6.07, 6.45) is 3.55. The van der Waals surface area contributed by atoms with Gasteiger partial charge in [-0.25, -0.2) is 4.98 Å². The first kappa shape index (κ1) is 7.79. The molecule has 2 aromatic rings. The zero-order valence-electron chi connectivity index (χ0n) is 7.19. The maximum Gasteiger partial charge on any atom is 0.222 e. The van der Waals surface area contributed by atoms with E-state index in [4.69, 9.17) is 0 Å². The highest BCUT2D eigenvalue weighted by atomic mass is 16.1. The molecule has 13 heavy (non-hydrogen) atoms. The summed E-state index contributed by atoms with van der Waals surface area (Å²) in [5.41, 5.74) is 0.901. The minimum Gasteiger partial charge on any atom is -0.309 e. The summed E-state index contributed by atoms with van der Waals surface area (Å²) in [6, 6.07) is 5.72. The number of carbonyl (C=O) groups excluding carboxylic acids is 1. The van der Waals surface area contributed by atoms with Crippen LogP contribution in [0.25, 0.3) is 5.52 Å². The summed E-state index contributed by atoms with van der Waals surface area (Å²) in [6.45, 7) is 1.47. The van der Waals surface area contributed by atoms with E-state index in [1.807, 2.05) is 28.8 Å². The third-order valence-corrected chi connectivity index (χ3v) is 1.74. The third-order valence-electron chi connectivity index (χ3n) is 1.74. The molecule has 66 valence electrons. The lowest BCUT2D eigenvalue weighted by molar-refractivity contribution is -0.114. The Balaban J connectivity index is 2.51. The lowest BCUT2D eigenvalue weighted by Gasteiger charge is -1.97. The van der Waals surface area contributed by atoms with Gasteiger partial charge in [-0.2, -0.15) is 0 Å². The summed E-state index contributed by atoms with van der Waals surface area (Å²) < 4.78 is 1.85. The van der Waals surface area contributed by atoms with E-state index in [0.29, 0.717) is 5.82 Å². The monoisotopic (exact) mass is 175 g/mol. The highest BCUT2D eigenvalue weighted by Gasteiger charge is 2.03. The number of rotatable bonds is 1. The highest BCUT2D eigenvalue weighted by molar-refractivity contribution is 5.91. The van der Waals surface area contributed by atoms with Crippen LogP contribution in [0.4, 0.5) is 5.82 Å². The number of hydrogen-bond acceptors (Lipinski definition) is 2. The van der Waals surface area contributed by atoms with Gasteiger partial charge in [-0.1, -0.05) is 6.07 Å². The van der Waals surface area contributed by atoms with Gasteiger partial charge in [0.05, 0.1) is 5.52 Å². The quantitative estimate of drug-likeness (QED) is 0.709. The Hall–Kier alpha value is -1.84. The fourth-order valence-electron chi connectivity index (χ4n) is 1.21. The van der Waals surface area contributed by atoms with Crippen molar-refractivity contribution in [2.75, 3.05) is 5.32 Å². The topological polar surface area (TPSA) is 46.4 Å². The molecule has 4 heteroatoms. The first-order chi connectivity index (χ1) is 6.27. The normalized spacial score (nSPS) is 10.2. The highest BCUT2D eigenvalue weighted by Crippen LogP contribution is 2.13. The third kappa shape index (κ3) is 1.38. The van der Waals surface area contributed by atoms with Crippen molar-refractivity contribution in [3.63, 3.8) is 0 Å². The molecule has 0 bridgehead atoms. The Labute approximate surface area is 75.2 Å². The fourth-order valence-corrected chi connectivity index (χ4v) is 1.21. The molecule has 0 spiro atoms. The standard InChI is InChI=1S/C9H9N3O/c1-7(13)11-9-8-4-2-3-5-12(8)6-10-9/h2-6H,1H3,(H,11,13). The first-order valence-corrected chi connectivity index (χ1v) is 3.96. The lowest BCUT2D eigenvalue weighted by atomic mass is 10.4. The van der Waals surface area contributed by atoms with Gasteiger partial charge in [-0.3, -0.25) is 4.79 Å². The summed E-state index contributed by atoms with van der Waals surface area (Å²) >= 11 is 0. The van der Waals surface area contributed by atoms with E-state index >= 15 is 0 Å². The number of pyridine rings is 1. The van der Waals surface area contributed by atoms with Crippen molar-refractivity contribution in [2.24, 2.45) is 0 Å². The van der Waals surface area contributed by atoms with Crippen molar-refractivity contribution in [1.29, 1.82) is 0 Å². The van der Waals surface area contributed by atoms with Crippen LogP contribution in [-0.2, 0) is 4.79 Å². The van der Waals surface area contributed by atoms with Crippen molar-refractivity contribution in [1.82, 2.24) is 9.38 Å². The zero-order chi connectivity index (χ0) is 9.26. The van der Waals surface area contributed by atoms with E-state index in [9.17, 15) is 4.79 Å². The molecule has 0 radical (unpaired) electrons. The number of anilines is 1. The zero-order valence-corrected chi connectivity index (χ0v) is 7.19. The number of aromatic nitrogens is 2. The van der Waals surface area contributed by atoms with E-state index in [1.54, 1.807) is 6.33 Å². The largest absolute Gasteiger partial charge is 0.309 e. The van der Waals surface area contributed by atoms with Crippen LogP contribution in [0.15, 0.2) is 30.7 Å². The first-order valence-electron chi connectivity index (χ1n) is 3.96. The molecule has 1 amide bonds. The number of fused-ring (bicyclic) bond motifs is 1. The van der Waals surface area contributed by atoms with Crippen LogP contribution in [0.2, 0.25) is 0 Å². The second-order valence-corrected chi connectivity index (χ2v) is 2.77. The molecule has 0 unspecified atom stereocenters. The van der Waals surface area contributed by atoms with E-state index in [1.165, 1.54) is 6.92 Å². The maximum atomic E-state index is 10.8. The van der Waals surface area contributed by atoms with Gasteiger partial charge < -0.3 is 9.72 Å². The molecule has 2 rings (SSSR count). The van der Waals surface area contributed by atoms with Crippen LogP contribution in [0.3, 0.4) is 0 Å². The SMILES string of the molecule is CC(=O)Nc1ncn2ccccc12. The van der Waals surface area contributed by atoms with Gasteiger partial charge >= 0.3 is 0 Å². The van der Waals surface area contributed by atoms with Crippen molar-refractivity contribution in [3.05, 3.63) is 30.7 Å². The molecular weight excluding hydrogens is 166 g/mol. The van der Waals surface area contributed by atoms with Gasteiger partial charge in [0.2, 0.25) is 5.91 Å². The predicted octanol–water partition coefficient (Wildman–Crippen LogP) is 1.29. The van der Waals surface area contributed by atoms with Crippen LogP contribution in [-0.4, -0.2) is 15.3 Å². The van der Waals surface area contributed by atoms with Crippen LogP contribution in [0.1, 0.15) is 6.92 Å². The van der Waals surface area contributed by atoms with Gasteiger partial charge in [0.25, 0.3) is 0 Å². The maximum absolute atomic E-state index is 10.8. The Kier molecular flexibility index (Phi) is 1.73. The number of amides is 1. The van der Waals surface area contributed by atoms with Crippen molar-refractivity contribution in [2.45, 2.75) is 6.92 Å². The van der Waals surface area contributed by atoms with Gasteiger partial charge in [-0.05, 0) is 12.1 Å². The molecule has 1 N–H and O–H groups in total. The van der Waals surface area contributed by atoms with Crippen LogP contribution < -0.4 is 5.32 Å². The van der Waals surface area contributed by atoms with Crippen molar-refractivity contribution >= 4 is 17.2 Å². The molecular formula is C9H9N3O. The molecule has 4 nitrogen and oxygen atoms in total. The number of nitrogens with one attached hydrogen (secondary N) is 1. The molecule has 0 atom stereocenters. The average Bonchev–Trinajstić information content (AvgIpc) is 2.48. The van der Waals surface area contributed by atoms with Crippen LogP contribution >= 0.6 is 0 Å². The van der Waals surface area contributed by atoms with Gasteiger partial charge in [0.1, 0.15) is 6.33 Å². The van der Waals surface area contributed by atoms with E-state index in [-0.39, 0.29) is 5.91 Å². The van der Waals surface area contributed by atoms with Gasteiger partial charge in [0, 0.05) is 13.1 Å². The predicted molar refractivity (Wildman–Crippen MR) is 49.5 cm³/mol. The van der Waals surface area contributed by atoms with E-state index in [0.717, 1.165) is 5.52 Å². The summed E-state index contributed by atoms with van der Waals surface area (Å²) in [5, 5.41) is 2.66. The molecule has 0 aromatic carbocycles. The number of imidazole rings is 1. The summed E-state index contributed by atoms with van der Waals surface area (Å²) in [4.78, 5) is 14.9. The Morgan fingerprint density at radius 2 is 2.38 bits per heavy atom. The Morgan fingerprint density at radius 1 is 1.54 bits per heavy atom. The molecule has 2 heterocycles. The van der Waals surface area contributed by atoms with E-state index in [2.05, 4.69) is 10.3 Å². The molecule has 0 aliphatic carbocycles. The van der Waals surface area contributed by atoms with E-state index < -0.39 is 0 Å². The second kappa shape index (κ2) is 2.90. The Bertz CT molecular complexity index is 447. The van der Waals surface area contributed by atoms with Gasteiger partial charge in [0.15, 0.2) is 5.82 Å². The lowest BCUT2D eigenvalue weighted by Crippen LogP contribution is -2.06. The second-order valence-electron chi connectivity index (χ2n) is 2.77. The van der Waals surface area contributed by atoms with Crippen LogP contribution in [0.5, 0.6) is 0 Å². The Morgan fingerprint density at radius 3 is 3.15 bits per heavy atom. The molecule has 2 aromatic heterocycles. The van der Waals surface area contributed by atoms with Gasteiger partial charge in [-0.15, -0.1) is 0 Å². The number of hydrogen-bond donors (Lipinski definition) is 1. The average molecular weight is 175 g/mol. The molecule has 0 aliphatic rings. The smallest absolute Gasteiger partial charge is 0.222 e. The van der Waals surface area contributed by atoms with Crippen molar-refractivity contribution in [3.8, 4) is 0 Å². The molecule has 0 aliphatic heterocycles. The van der Waals surface area contributed by atoms with Crippen LogP contribution in [0, 0.1) is 0 Å². The molecule has 0 saturated carbocycles. The van der Waals surface area contributed by atoms with Crippen molar-refractivity contribution < 1.29 is 4.79 Å². The summed E-state index contributed by atoms with van der Waals surface area (Å²) in [5.74, 6) is 0.498.